The summed E-state index contributed by atoms with van der Waals surface area (Å²) in [4.78, 5) is 25.9. The zero-order valence-corrected chi connectivity index (χ0v) is 21.0. The van der Waals surface area contributed by atoms with E-state index in [1.165, 1.54) is 31.2 Å². The summed E-state index contributed by atoms with van der Waals surface area (Å²) in [5, 5.41) is 2.59. The van der Waals surface area contributed by atoms with Crippen LogP contribution in [0.1, 0.15) is 59.9 Å². The first-order valence-electron chi connectivity index (χ1n) is 11.0. The minimum Gasteiger partial charge on any atom is -0.379 e. The van der Waals surface area contributed by atoms with Gasteiger partial charge in [-0.2, -0.15) is 8.42 Å². The van der Waals surface area contributed by atoms with Crippen LogP contribution in [0.15, 0.2) is 53.4 Å². The third kappa shape index (κ3) is 7.89. The van der Waals surface area contributed by atoms with Gasteiger partial charge in [0.05, 0.1) is 0 Å². The Balaban J connectivity index is 2.29. The van der Waals surface area contributed by atoms with Crippen molar-refractivity contribution in [3.8, 4) is 5.75 Å². The number of rotatable bonds is 9. The van der Waals surface area contributed by atoms with E-state index in [0.717, 1.165) is 6.42 Å². The van der Waals surface area contributed by atoms with Crippen molar-refractivity contribution in [3.63, 3.8) is 0 Å². The lowest BCUT2D eigenvalue weighted by molar-refractivity contribution is -0.136. The van der Waals surface area contributed by atoms with Crippen molar-refractivity contribution in [1.29, 1.82) is 0 Å². The average molecular weight is 475 g/mol. The Morgan fingerprint density at radius 3 is 2.21 bits per heavy atom. The molecular weight excluding hydrogens is 440 g/mol. The molecule has 7 nitrogen and oxygen atoms in total. The van der Waals surface area contributed by atoms with Crippen molar-refractivity contribution in [1.82, 2.24) is 4.90 Å². The molecule has 0 heterocycles. The molecule has 0 aliphatic heterocycles. The van der Waals surface area contributed by atoms with E-state index in [0.29, 0.717) is 17.7 Å². The van der Waals surface area contributed by atoms with Gasteiger partial charge in [-0.25, -0.2) is 0 Å². The SMILES string of the molecule is CCC(C)N(Cc1ccccc1OS(=O)(=O)c1ccc(NC(C)=O)cc1)C(=O)CC(C)(C)C. The molecule has 8 heteroatoms. The van der Waals surface area contributed by atoms with Crippen LogP contribution in [-0.4, -0.2) is 31.2 Å². The lowest BCUT2D eigenvalue weighted by atomic mass is 9.91. The largest absolute Gasteiger partial charge is 0.379 e. The topological polar surface area (TPSA) is 92.8 Å². The van der Waals surface area contributed by atoms with Crippen LogP contribution in [0, 0.1) is 5.41 Å². The van der Waals surface area contributed by atoms with Crippen molar-refractivity contribution < 1.29 is 22.2 Å². The molecule has 0 radical (unpaired) electrons. The predicted molar refractivity (Wildman–Crippen MR) is 129 cm³/mol. The van der Waals surface area contributed by atoms with Gasteiger partial charge in [0.1, 0.15) is 10.6 Å². The molecule has 1 atom stereocenters. The second-order valence-electron chi connectivity index (χ2n) is 9.37. The van der Waals surface area contributed by atoms with E-state index in [2.05, 4.69) is 5.32 Å². The molecule has 0 spiro atoms. The van der Waals surface area contributed by atoms with Crippen LogP contribution in [-0.2, 0) is 26.3 Å². The number of hydrogen-bond acceptors (Lipinski definition) is 5. The van der Waals surface area contributed by atoms with E-state index in [1.54, 1.807) is 29.2 Å². The fourth-order valence-corrected chi connectivity index (χ4v) is 4.20. The van der Waals surface area contributed by atoms with E-state index in [1.807, 2.05) is 34.6 Å². The Morgan fingerprint density at radius 1 is 1.06 bits per heavy atom. The maximum atomic E-state index is 13.0. The first-order valence-corrected chi connectivity index (χ1v) is 12.4. The molecule has 0 bridgehead atoms. The Labute approximate surface area is 197 Å². The van der Waals surface area contributed by atoms with Crippen LogP contribution in [0.3, 0.4) is 0 Å². The van der Waals surface area contributed by atoms with E-state index in [4.69, 9.17) is 4.18 Å². The normalized spacial score (nSPS) is 12.7. The average Bonchev–Trinajstić information content (AvgIpc) is 2.71. The third-order valence-corrected chi connectivity index (χ3v) is 6.35. The third-order valence-electron chi connectivity index (χ3n) is 5.10. The van der Waals surface area contributed by atoms with E-state index in [9.17, 15) is 18.0 Å². The number of amides is 2. The second kappa shape index (κ2) is 10.8. The number of carbonyl (C=O) groups is 2. The lowest BCUT2D eigenvalue weighted by Gasteiger charge is -2.32. The van der Waals surface area contributed by atoms with Gasteiger partial charge in [0.25, 0.3) is 0 Å². The lowest BCUT2D eigenvalue weighted by Crippen LogP contribution is -2.39. The number of para-hydroxylation sites is 1. The molecule has 2 amide bonds. The Morgan fingerprint density at radius 2 is 1.67 bits per heavy atom. The van der Waals surface area contributed by atoms with Gasteiger partial charge in [-0.05, 0) is 49.1 Å². The van der Waals surface area contributed by atoms with Crippen molar-refractivity contribution in [2.75, 3.05) is 5.32 Å². The molecule has 180 valence electrons. The fourth-order valence-electron chi connectivity index (χ4n) is 3.24. The van der Waals surface area contributed by atoms with Gasteiger partial charge in [-0.15, -0.1) is 0 Å². The van der Waals surface area contributed by atoms with Crippen molar-refractivity contribution in [2.45, 2.75) is 71.9 Å². The minimum atomic E-state index is -4.11. The fraction of sp³-hybridized carbons (Fsp3) is 0.440. The minimum absolute atomic E-state index is 0.00849. The summed E-state index contributed by atoms with van der Waals surface area (Å²) < 4.78 is 31.3. The van der Waals surface area contributed by atoms with Crippen LogP contribution >= 0.6 is 0 Å². The molecule has 2 rings (SSSR count). The second-order valence-corrected chi connectivity index (χ2v) is 10.9. The predicted octanol–water partition coefficient (Wildman–Crippen LogP) is 4.98. The standard InChI is InChI=1S/C25H34N2O5S/c1-7-18(2)27(24(29)16-25(4,5)6)17-20-10-8-9-11-23(20)32-33(30,31)22-14-12-21(13-15-22)26-19(3)28/h8-15,18H,7,16-17H2,1-6H3,(H,26,28). The molecule has 0 aliphatic carbocycles. The number of nitrogens with one attached hydrogen (secondary N) is 1. The molecule has 0 saturated heterocycles. The number of hydrogen-bond donors (Lipinski definition) is 1. The molecule has 2 aromatic carbocycles. The highest BCUT2D eigenvalue weighted by Crippen LogP contribution is 2.28. The summed E-state index contributed by atoms with van der Waals surface area (Å²) in [6, 6.07) is 12.6. The van der Waals surface area contributed by atoms with E-state index >= 15 is 0 Å². The summed E-state index contributed by atoms with van der Waals surface area (Å²) >= 11 is 0. The molecule has 0 aliphatic rings. The van der Waals surface area contributed by atoms with Gasteiger partial charge in [0, 0.05) is 37.2 Å². The Bertz CT molecular complexity index is 1070. The van der Waals surface area contributed by atoms with Crippen LogP contribution in [0.4, 0.5) is 5.69 Å². The molecule has 0 saturated carbocycles. The van der Waals surface area contributed by atoms with Gasteiger partial charge in [0.15, 0.2) is 0 Å². The zero-order chi connectivity index (χ0) is 24.8. The van der Waals surface area contributed by atoms with Crippen LogP contribution in [0.5, 0.6) is 5.75 Å². The van der Waals surface area contributed by atoms with Gasteiger partial charge in [-0.1, -0.05) is 45.9 Å². The monoisotopic (exact) mass is 474 g/mol. The van der Waals surface area contributed by atoms with Crippen molar-refractivity contribution in [3.05, 3.63) is 54.1 Å². The maximum Gasteiger partial charge on any atom is 0.339 e. The first-order chi connectivity index (χ1) is 15.3. The Hall–Kier alpha value is -2.87. The molecule has 1 N–H and O–H groups in total. The zero-order valence-electron chi connectivity index (χ0n) is 20.2. The highest BCUT2D eigenvalue weighted by Gasteiger charge is 2.26. The molecule has 2 aromatic rings. The molecule has 33 heavy (non-hydrogen) atoms. The van der Waals surface area contributed by atoms with E-state index < -0.39 is 10.1 Å². The number of benzene rings is 2. The molecule has 0 aromatic heterocycles. The summed E-state index contributed by atoms with van der Waals surface area (Å²) in [7, 11) is -4.11. The van der Waals surface area contributed by atoms with Crippen LogP contribution in [0.2, 0.25) is 0 Å². The number of nitrogens with zero attached hydrogens (tertiary/aromatic N) is 1. The van der Waals surface area contributed by atoms with Crippen LogP contribution < -0.4 is 9.50 Å². The summed E-state index contributed by atoms with van der Waals surface area (Å²) in [6.07, 6.45) is 1.16. The van der Waals surface area contributed by atoms with E-state index in [-0.39, 0.29) is 40.5 Å². The summed E-state index contributed by atoms with van der Waals surface area (Å²) in [5.41, 5.74) is 0.938. The summed E-state index contributed by atoms with van der Waals surface area (Å²) in [5.74, 6) is -0.0500. The smallest absolute Gasteiger partial charge is 0.339 e. The molecular formula is C25H34N2O5S. The highest BCUT2D eigenvalue weighted by molar-refractivity contribution is 7.87. The maximum absolute atomic E-state index is 13.0. The first kappa shape index (κ1) is 26.4. The van der Waals surface area contributed by atoms with Crippen molar-refractivity contribution in [2.24, 2.45) is 5.41 Å². The number of anilines is 1. The summed E-state index contributed by atoms with van der Waals surface area (Å²) in [6.45, 7) is 11.7. The molecule has 1 unspecified atom stereocenters. The van der Waals surface area contributed by atoms with Gasteiger partial charge < -0.3 is 14.4 Å². The van der Waals surface area contributed by atoms with Gasteiger partial charge in [0.2, 0.25) is 11.8 Å². The highest BCUT2D eigenvalue weighted by atomic mass is 32.2. The van der Waals surface area contributed by atoms with Crippen LogP contribution in [0.25, 0.3) is 0 Å². The molecule has 0 fully saturated rings. The van der Waals surface area contributed by atoms with Gasteiger partial charge in [-0.3, -0.25) is 9.59 Å². The van der Waals surface area contributed by atoms with Gasteiger partial charge >= 0.3 is 10.1 Å². The quantitative estimate of drug-likeness (QED) is 0.518. The number of carbonyl (C=O) groups excluding carboxylic acids is 2. The van der Waals surface area contributed by atoms with Crippen molar-refractivity contribution >= 4 is 27.6 Å². The Kier molecular flexibility index (Phi) is 8.66.